The zero-order valence-electron chi connectivity index (χ0n) is 13.5. The fraction of sp³-hybridized carbons (Fsp3) is 0.375. The van der Waals surface area contributed by atoms with Gasteiger partial charge in [-0.15, -0.1) is 0 Å². The predicted molar refractivity (Wildman–Crippen MR) is 83.5 cm³/mol. The van der Waals surface area contributed by atoms with Crippen molar-refractivity contribution in [3.05, 3.63) is 41.1 Å². The van der Waals surface area contributed by atoms with Crippen LogP contribution in [0, 0.1) is 17.6 Å². The zero-order chi connectivity index (χ0) is 19.4. The molecule has 0 aliphatic carbocycles. The van der Waals surface area contributed by atoms with Gasteiger partial charge in [-0.25, -0.2) is 22.0 Å². The first-order valence-electron chi connectivity index (χ1n) is 7.69. The number of nitrogens with zero attached hydrogens (tertiary/aromatic N) is 1. The second-order valence-corrected chi connectivity index (χ2v) is 8.30. The van der Waals surface area contributed by atoms with Gasteiger partial charge in [0.05, 0.1) is 23.8 Å². The Morgan fingerprint density at radius 1 is 1.38 bits per heavy atom. The van der Waals surface area contributed by atoms with E-state index in [1.807, 2.05) is 0 Å². The van der Waals surface area contributed by atoms with Gasteiger partial charge in [0.25, 0.3) is 0 Å². The fourth-order valence-corrected chi connectivity index (χ4v) is 5.03. The van der Waals surface area contributed by atoms with Crippen LogP contribution in [0.25, 0.3) is 0 Å². The summed E-state index contributed by atoms with van der Waals surface area (Å²) >= 11 is 0. The van der Waals surface area contributed by atoms with Gasteiger partial charge >= 0.3 is 5.97 Å². The number of sulfone groups is 1. The minimum absolute atomic E-state index is 0.0506. The highest BCUT2D eigenvalue weighted by atomic mass is 32.2. The van der Waals surface area contributed by atoms with Gasteiger partial charge in [0.1, 0.15) is 22.2 Å². The van der Waals surface area contributed by atoms with Crippen molar-refractivity contribution in [2.75, 3.05) is 5.75 Å². The van der Waals surface area contributed by atoms with E-state index in [4.69, 9.17) is 0 Å². The molecular formula is C16H15F2NO6S. The quantitative estimate of drug-likeness (QED) is 0.568. The fourth-order valence-electron chi connectivity index (χ4n) is 3.52. The molecule has 0 aromatic heterocycles. The van der Waals surface area contributed by atoms with Gasteiger partial charge in [-0.2, -0.15) is 0 Å². The van der Waals surface area contributed by atoms with Gasteiger partial charge in [0.15, 0.2) is 9.84 Å². The third-order valence-electron chi connectivity index (χ3n) is 4.62. The van der Waals surface area contributed by atoms with E-state index in [0.29, 0.717) is 6.07 Å². The van der Waals surface area contributed by atoms with Crippen molar-refractivity contribution in [1.82, 2.24) is 4.90 Å². The van der Waals surface area contributed by atoms with Crippen LogP contribution in [0.5, 0.6) is 0 Å². The summed E-state index contributed by atoms with van der Waals surface area (Å²) in [5.74, 6) is -5.92. The van der Waals surface area contributed by atoms with E-state index in [-0.39, 0.29) is 12.0 Å². The van der Waals surface area contributed by atoms with Crippen molar-refractivity contribution in [2.45, 2.75) is 30.4 Å². The Bertz CT molecular complexity index is 940. The molecule has 3 rings (SSSR count). The molecule has 1 aromatic carbocycles. The number of benzene rings is 1. The average molecular weight is 387 g/mol. The van der Waals surface area contributed by atoms with E-state index in [0.717, 1.165) is 17.0 Å². The molecule has 2 N–H and O–H groups in total. The lowest BCUT2D eigenvalue weighted by molar-refractivity contribution is -0.161. The predicted octanol–water partition coefficient (Wildman–Crippen LogP) is 0.689. The highest BCUT2D eigenvalue weighted by Crippen LogP contribution is 2.44. The first-order chi connectivity index (χ1) is 12.0. The van der Waals surface area contributed by atoms with E-state index in [2.05, 4.69) is 0 Å². The Hall–Kier alpha value is -2.33. The summed E-state index contributed by atoms with van der Waals surface area (Å²) in [6, 6.07) is 1.34. The molecule has 7 nitrogen and oxygen atoms in total. The summed E-state index contributed by atoms with van der Waals surface area (Å²) in [5.41, 5.74) is -0.509. The number of rotatable bonds is 5. The van der Waals surface area contributed by atoms with Crippen molar-refractivity contribution in [3.8, 4) is 0 Å². The maximum Gasteiger partial charge on any atom is 0.352 e. The monoisotopic (exact) mass is 387 g/mol. The SMILES string of the molecule is C[C@@H](O)[C@@H]1C(=O)N2C(C(=O)O)=C(CS(=O)(=O)c3ccc(F)cc3F)C[C@H]12. The highest BCUT2D eigenvalue weighted by molar-refractivity contribution is 7.91. The number of carbonyl (C=O) groups is 2. The van der Waals surface area contributed by atoms with Crippen LogP contribution in [0.3, 0.4) is 0 Å². The second-order valence-electron chi connectivity index (χ2n) is 6.34. The van der Waals surface area contributed by atoms with Crippen molar-refractivity contribution < 1.29 is 37.0 Å². The molecule has 0 saturated carbocycles. The molecule has 1 amide bonds. The molecule has 1 saturated heterocycles. The van der Waals surface area contributed by atoms with Crippen molar-refractivity contribution in [2.24, 2.45) is 5.92 Å². The van der Waals surface area contributed by atoms with Crippen LogP contribution in [-0.4, -0.2) is 53.3 Å². The molecule has 2 aliphatic heterocycles. The molecule has 0 radical (unpaired) electrons. The first-order valence-corrected chi connectivity index (χ1v) is 9.34. The molecule has 140 valence electrons. The number of β-lactam (4-membered cyclic amide) rings is 1. The minimum atomic E-state index is -4.30. The van der Waals surface area contributed by atoms with E-state index >= 15 is 0 Å². The molecule has 2 aliphatic rings. The van der Waals surface area contributed by atoms with Gasteiger partial charge in [-0.1, -0.05) is 0 Å². The van der Waals surface area contributed by atoms with Crippen LogP contribution in [0.15, 0.2) is 34.4 Å². The average Bonchev–Trinajstić information content (AvgIpc) is 2.80. The van der Waals surface area contributed by atoms with Crippen LogP contribution in [-0.2, 0) is 19.4 Å². The van der Waals surface area contributed by atoms with Gasteiger partial charge in [-0.3, -0.25) is 4.79 Å². The number of aliphatic hydroxyl groups is 1. The molecule has 1 fully saturated rings. The maximum atomic E-state index is 13.8. The number of fused-ring (bicyclic) bond motifs is 1. The summed E-state index contributed by atoms with van der Waals surface area (Å²) in [4.78, 5) is 23.8. The molecular weight excluding hydrogens is 372 g/mol. The highest BCUT2D eigenvalue weighted by Gasteiger charge is 2.56. The number of carboxylic acid groups (broad SMARTS) is 1. The summed E-state index contributed by atoms with van der Waals surface area (Å²) < 4.78 is 51.8. The first kappa shape index (κ1) is 18.5. The largest absolute Gasteiger partial charge is 0.477 e. The molecule has 0 bridgehead atoms. The lowest BCUT2D eigenvalue weighted by Gasteiger charge is -2.44. The summed E-state index contributed by atoms with van der Waals surface area (Å²) in [5, 5.41) is 19.0. The Morgan fingerprint density at radius 3 is 2.58 bits per heavy atom. The topological polar surface area (TPSA) is 112 Å². The Kier molecular flexibility index (Phi) is 4.35. The number of halogens is 2. The maximum absolute atomic E-state index is 13.8. The van der Waals surface area contributed by atoms with Gasteiger partial charge in [-0.05, 0) is 31.1 Å². The van der Waals surface area contributed by atoms with Crippen LogP contribution < -0.4 is 0 Å². The molecule has 3 atom stereocenters. The Morgan fingerprint density at radius 2 is 2.04 bits per heavy atom. The molecule has 2 heterocycles. The van der Waals surface area contributed by atoms with E-state index < -0.39 is 67.8 Å². The number of hydrogen-bond acceptors (Lipinski definition) is 5. The second kappa shape index (κ2) is 6.13. The van der Waals surface area contributed by atoms with Crippen LogP contribution in [0.2, 0.25) is 0 Å². The summed E-state index contributed by atoms with van der Waals surface area (Å²) in [6.45, 7) is 1.39. The van der Waals surface area contributed by atoms with Gasteiger partial charge in [0.2, 0.25) is 5.91 Å². The van der Waals surface area contributed by atoms with Crippen molar-refractivity contribution in [3.63, 3.8) is 0 Å². The molecule has 26 heavy (non-hydrogen) atoms. The van der Waals surface area contributed by atoms with E-state index in [1.54, 1.807) is 0 Å². The number of aliphatic hydroxyl groups excluding tert-OH is 1. The van der Waals surface area contributed by atoms with Gasteiger partial charge in [0, 0.05) is 6.07 Å². The number of carboxylic acids is 1. The number of amides is 1. The molecule has 0 spiro atoms. The van der Waals surface area contributed by atoms with Crippen LogP contribution >= 0.6 is 0 Å². The third-order valence-corrected chi connectivity index (χ3v) is 6.35. The van der Waals surface area contributed by atoms with Crippen LogP contribution in [0.4, 0.5) is 8.78 Å². The number of aliphatic carboxylic acids is 1. The Labute approximate surface area is 147 Å². The van der Waals surface area contributed by atoms with Gasteiger partial charge < -0.3 is 15.1 Å². The smallest absolute Gasteiger partial charge is 0.352 e. The summed E-state index contributed by atoms with van der Waals surface area (Å²) in [6.07, 6.45) is -1.06. The van der Waals surface area contributed by atoms with E-state index in [1.165, 1.54) is 6.92 Å². The normalized spacial score (nSPS) is 23.7. The standard InChI is InChI=1S/C16H15F2NO6S/c1-7(20)13-11-4-8(14(16(22)23)19(11)15(13)21)6-26(24,25)12-3-2-9(17)5-10(12)18/h2-3,5,7,11,13,20H,4,6H2,1H3,(H,22,23)/t7-,11-,13+/m1/s1. The number of hydrogen-bond donors (Lipinski definition) is 2. The molecule has 0 unspecified atom stereocenters. The van der Waals surface area contributed by atoms with Crippen molar-refractivity contribution >= 4 is 21.7 Å². The zero-order valence-corrected chi connectivity index (χ0v) is 14.3. The molecule has 10 heteroatoms. The van der Waals surface area contributed by atoms with Crippen molar-refractivity contribution in [1.29, 1.82) is 0 Å². The third kappa shape index (κ3) is 2.78. The lowest BCUT2D eigenvalue weighted by Crippen LogP contribution is -2.61. The molecule has 1 aromatic rings. The van der Waals surface area contributed by atoms with Crippen LogP contribution in [0.1, 0.15) is 13.3 Å². The minimum Gasteiger partial charge on any atom is -0.477 e. The Balaban J connectivity index is 1.96. The lowest BCUT2D eigenvalue weighted by atomic mass is 9.83. The summed E-state index contributed by atoms with van der Waals surface area (Å²) in [7, 11) is -4.30. The number of carbonyl (C=O) groups excluding carboxylic acids is 1. The van der Waals surface area contributed by atoms with E-state index in [9.17, 15) is 37.0 Å².